The highest BCUT2D eigenvalue weighted by atomic mass is 32.1. The maximum absolute atomic E-state index is 13.3. The molecule has 2 aromatic heterocycles. The van der Waals surface area contributed by atoms with Crippen LogP contribution in [0.4, 0.5) is 27.0 Å². The first-order chi connectivity index (χ1) is 20.2. The predicted molar refractivity (Wildman–Crippen MR) is 170 cm³/mol. The molecule has 3 heterocycles. The Balaban J connectivity index is 1.24. The van der Waals surface area contributed by atoms with Gasteiger partial charge in [-0.05, 0) is 55.5 Å². The molecule has 1 aliphatic heterocycles. The quantitative estimate of drug-likeness (QED) is 0.216. The van der Waals surface area contributed by atoms with Crippen LogP contribution in [-0.4, -0.2) is 53.7 Å². The SMILES string of the molecule is [C-]#[N+]c1ccc(CN2CCN(c3ncc(C(=O)Nc4cc(-c5cccs5)ccc4NC(=O)OC(C)(C)C)s3)CC2)cc1. The van der Waals surface area contributed by atoms with Crippen molar-refractivity contribution in [1.82, 2.24) is 9.88 Å². The number of hydrogen-bond donors (Lipinski definition) is 2. The number of benzene rings is 2. The van der Waals surface area contributed by atoms with Crippen LogP contribution in [0.2, 0.25) is 0 Å². The van der Waals surface area contributed by atoms with E-state index in [0.29, 0.717) is 21.9 Å². The number of thiophene rings is 1. The molecular weight excluding hydrogens is 569 g/mol. The van der Waals surface area contributed by atoms with Gasteiger partial charge >= 0.3 is 6.09 Å². The zero-order chi connectivity index (χ0) is 29.7. The van der Waals surface area contributed by atoms with Gasteiger partial charge in [-0.2, -0.15) is 0 Å². The molecule has 9 nitrogen and oxygen atoms in total. The largest absolute Gasteiger partial charge is 0.444 e. The van der Waals surface area contributed by atoms with Gasteiger partial charge in [0.05, 0.1) is 24.1 Å². The van der Waals surface area contributed by atoms with E-state index >= 15 is 0 Å². The van der Waals surface area contributed by atoms with Gasteiger partial charge in [0.25, 0.3) is 5.91 Å². The number of rotatable bonds is 7. The molecule has 1 fully saturated rings. The van der Waals surface area contributed by atoms with Crippen molar-refractivity contribution in [3.05, 3.63) is 88.0 Å². The van der Waals surface area contributed by atoms with Crippen LogP contribution < -0.4 is 15.5 Å². The lowest BCUT2D eigenvalue weighted by atomic mass is 10.1. The third-order valence-corrected chi connectivity index (χ3v) is 8.52. The Labute approximate surface area is 253 Å². The van der Waals surface area contributed by atoms with Gasteiger partial charge in [0.1, 0.15) is 10.5 Å². The number of carbonyl (C=O) groups is 2. The van der Waals surface area contributed by atoms with Crippen molar-refractivity contribution >= 4 is 56.9 Å². The molecule has 0 unspecified atom stereocenters. The van der Waals surface area contributed by atoms with Crippen molar-refractivity contribution in [2.75, 3.05) is 41.7 Å². The maximum Gasteiger partial charge on any atom is 0.412 e. The normalized spacial score (nSPS) is 13.8. The topological polar surface area (TPSA) is 91.2 Å². The van der Waals surface area contributed by atoms with Gasteiger partial charge in [-0.15, -0.1) is 11.3 Å². The lowest BCUT2D eigenvalue weighted by Crippen LogP contribution is -2.45. The van der Waals surface area contributed by atoms with E-state index in [0.717, 1.165) is 48.3 Å². The third-order valence-electron chi connectivity index (χ3n) is 6.54. The highest BCUT2D eigenvalue weighted by Crippen LogP contribution is 2.33. The summed E-state index contributed by atoms with van der Waals surface area (Å²) in [5, 5.41) is 8.55. The summed E-state index contributed by atoms with van der Waals surface area (Å²) in [6.45, 7) is 16.7. The molecule has 216 valence electrons. The van der Waals surface area contributed by atoms with Gasteiger partial charge in [0.15, 0.2) is 10.8 Å². The summed E-state index contributed by atoms with van der Waals surface area (Å²) in [5.74, 6) is -0.296. The van der Waals surface area contributed by atoms with Crippen LogP contribution in [0.1, 0.15) is 36.0 Å². The van der Waals surface area contributed by atoms with E-state index in [9.17, 15) is 9.59 Å². The van der Waals surface area contributed by atoms with E-state index in [1.807, 2.05) is 53.9 Å². The van der Waals surface area contributed by atoms with Crippen molar-refractivity contribution in [3.63, 3.8) is 0 Å². The fourth-order valence-corrected chi connectivity index (χ4v) is 6.08. The number of thiazole rings is 1. The Kier molecular flexibility index (Phi) is 8.87. The van der Waals surface area contributed by atoms with Gasteiger partial charge < -0.3 is 15.0 Å². The standard InChI is InChI=1S/C31H32N6O3S2/c1-31(2,3)40-30(39)35-24-12-9-22(26-6-5-17-41-26)18-25(24)34-28(38)27-19-33-29(42-27)37-15-13-36(14-16-37)20-21-7-10-23(32-4)11-8-21/h5-12,17-19H,13-16,20H2,1-3H3,(H,34,38)(H,35,39). The molecule has 0 spiro atoms. The first kappa shape index (κ1) is 29.3. The highest BCUT2D eigenvalue weighted by molar-refractivity contribution is 7.17. The summed E-state index contributed by atoms with van der Waals surface area (Å²) >= 11 is 2.95. The second-order valence-corrected chi connectivity index (χ2v) is 12.8. The van der Waals surface area contributed by atoms with Crippen molar-refractivity contribution in [2.45, 2.75) is 32.9 Å². The predicted octanol–water partition coefficient (Wildman–Crippen LogP) is 7.34. The number of aromatic nitrogens is 1. The molecule has 4 aromatic rings. The van der Waals surface area contributed by atoms with Crippen molar-refractivity contribution in [3.8, 4) is 10.4 Å². The Morgan fingerprint density at radius 2 is 1.79 bits per heavy atom. The first-order valence-corrected chi connectivity index (χ1v) is 15.3. The average Bonchev–Trinajstić information content (AvgIpc) is 3.67. The smallest absolute Gasteiger partial charge is 0.412 e. The van der Waals surface area contributed by atoms with Gasteiger partial charge in [-0.3, -0.25) is 15.0 Å². The number of carbonyl (C=O) groups excluding carboxylic acids is 2. The Morgan fingerprint density at radius 1 is 1.02 bits per heavy atom. The minimum Gasteiger partial charge on any atom is -0.444 e. The molecule has 42 heavy (non-hydrogen) atoms. The van der Waals surface area contributed by atoms with Crippen LogP contribution in [0.5, 0.6) is 0 Å². The molecule has 0 atom stereocenters. The molecule has 2 N–H and O–H groups in total. The molecule has 1 aliphatic rings. The van der Waals surface area contributed by atoms with Crippen LogP contribution in [-0.2, 0) is 11.3 Å². The summed E-state index contributed by atoms with van der Waals surface area (Å²) in [6, 6.07) is 17.2. The number of ether oxygens (including phenoxy) is 1. The van der Waals surface area contributed by atoms with Gasteiger partial charge in [-0.1, -0.05) is 47.7 Å². The van der Waals surface area contributed by atoms with Crippen LogP contribution in [0.15, 0.2) is 66.2 Å². The summed E-state index contributed by atoms with van der Waals surface area (Å²) in [6.07, 6.45) is 1.01. The minimum absolute atomic E-state index is 0.296. The van der Waals surface area contributed by atoms with Crippen molar-refractivity contribution < 1.29 is 14.3 Å². The van der Waals surface area contributed by atoms with E-state index in [1.54, 1.807) is 44.4 Å². The monoisotopic (exact) mass is 600 g/mol. The molecule has 2 aromatic carbocycles. The Bertz CT molecular complexity index is 1580. The van der Waals surface area contributed by atoms with E-state index in [4.69, 9.17) is 11.3 Å². The molecular formula is C31H32N6O3S2. The van der Waals surface area contributed by atoms with Crippen LogP contribution in [0.3, 0.4) is 0 Å². The van der Waals surface area contributed by atoms with E-state index in [1.165, 1.54) is 16.9 Å². The number of amides is 2. The van der Waals surface area contributed by atoms with Crippen LogP contribution in [0, 0.1) is 6.57 Å². The number of piperazine rings is 1. The first-order valence-electron chi connectivity index (χ1n) is 13.6. The van der Waals surface area contributed by atoms with Gasteiger partial charge in [0.2, 0.25) is 0 Å². The van der Waals surface area contributed by atoms with Crippen LogP contribution >= 0.6 is 22.7 Å². The van der Waals surface area contributed by atoms with Gasteiger partial charge in [0, 0.05) is 37.6 Å². The van der Waals surface area contributed by atoms with E-state index in [-0.39, 0.29) is 5.91 Å². The third kappa shape index (κ3) is 7.53. The van der Waals surface area contributed by atoms with Crippen molar-refractivity contribution in [1.29, 1.82) is 0 Å². The summed E-state index contributed by atoms with van der Waals surface area (Å²) in [7, 11) is 0. The second kappa shape index (κ2) is 12.7. The minimum atomic E-state index is -0.653. The molecule has 1 saturated heterocycles. The van der Waals surface area contributed by atoms with Crippen LogP contribution in [0.25, 0.3) is 15.3 Å². The number of hydrogen-bond acceptors (Lipinski definition) is 8. The second-order valence-electron chi connectivity index (χ2n) is 10.9. The molecule has 11 heteroatoms. The molecule has 0 radical (unpaired) electrons. The molecule has 2 amide bonds. The zero-order valence-corrected chi connectivity index (χ0v) is 25.3. The highest BCUT2D eigenvalue weighted by Gasteiger charge is 2.22. The zero-order valence-electron chi connectivity index (χ0n) is 23.7. The summed E-state index contributed by atoms with van der Waals surface area (Å²) in [4.78, 5) is 40.0. The maximum atomic E-state index is 13.3. The number of nitrogens with one attached hydrogen (secondary N) is 2. The Morgan fingerprint density at radius 3 is 2.45 bits per heavy atom. The fraction of sp³-hybridized carbons (Fsp3) is 0.290. The lowest BCUT2D eigenvalue weighted by molar-refractivity contribution is 0.0635. The number of nitrogens with zero attached hydrogens (tertiary/aromatic N) is 4. The lowest BCUT2D eigenvalue weighted by Gasteiger charge is -2.34. The van der Waals surface area contributed by atoms with Gasteiger partial charge in [-0.25, -0.2) is 14.6 Å². The summed E-state index contributed by atoms with van der Waals surface area (Å²) < 4.78 is 5.42. The molecule has 0 bridgehead atoms. The average molecular weight is 601 g/mol. The molecule has 5 rings (SSSR count). The fourth-order valence-electron chi connectivity index (χ4n) is 4.50. The van der Waals surface area contributed by atoms with E-state index in [2.05, 4.69) is 30.3 Å². The summed E-state index contributed by atoms with van der Waals surface area (Å²) in [5.41, 5.74) is 3.04. The number of anilines is 3. The molecule has 0 saturated carbocycles. The molecule has 0 aliphatic carbocycles. The Hall–Kier alpha value is -4.24. The van der Waals surface area contributed by atoms with E-state index < -0.39 is 11.7 Å². The van der Waals surface area contributed by atoms with Crippen molar-refractivity contribution in [2.24, 2.45) is 0 Å².